The molecule has 0 saturated carbocycles. The van der Waals surface area contributed by atoms with Crippen molar-refractivity contribution in [1.29, 1.82) is 0 Å². The Kier molecular flexibility index (Phi) is 5.46. The number of ether oxygens (including phenoxy) is 1. The zero-order chi connectivity index (χ0) is 21.1. The molecule has 0 unspecified atom stereocenters. The van der Waals surface area contributed by atoms with E-state index in [0.29, 0.717) is 30.1 Å². The largest absolute Gasteiger partial charge is 0.497 e. The molecule has 1 heterocycles. The lowest BCUT2D eigenvalue weighted by Crippen LogP contribution is -2.35. The van der Waals surface area contributed by atoms with Crippen LogP contribution in [0.3, 0.4) is 0 Å². The molecule has 154 valence electrons. The van der Waals surface area contributed by atoms with Crippen LogP contribution in [0.2, 0.25) is 0 Å². The molecular formula is C23H22N2O4S. The van der Waals surface area contributed by atoms with Gasteiger partial charge < -0.3 is 9.64 Å². The fourth-order valence-electron chi connectivity index (χ4n) is 3.50. The van der Waals surface area contributed by atoms with Crippen LogP contribution >= 0.6 is 0 Å². The molecular weight excluding hydrogens is 400 g/mol. The summed E-state index contributed by atoms with van der Waals surface area (Å²) in [4.78, 5) is 14.8. The van der Waals surface area contributed by atoms with Crippen LogP contribution in [0, 0.1) is 0 Å². The van der Waals surface area contributed by atoms with Gasteiger partial charge in [-0.1, -0.05) is 24.3 Å². The number of carbonyl (C=O) groups is 1. The van der Waals surface area contributed by atoms with Crippen molar-refractivity contribution in [1.82, 2.24) is 4.90 Å². The van der Waals surface area contributed by atoms with Crippen LogP contribution in [0.5, 0.6) is 5.75 Å². The maximum absolute atomic E-state index is 12.9. The van der Waals surface area contributed by atoms with Crippen LogP contribution in [0.4, 0.5) is 5.69 Å². The number of nitrogens with zero attached hydrogens (tertiary/aromatic N) is 1. The number of anilines is 1. The predicted molar refractivity (Wildman–Crippen MR) is 115 cm³/mol. The Morgan fingerprint density at radius 2 is 1.60 bits per heavy atom. The third-order valence-corrected chi connectivity index (χ3v) is 6.57. The second-order valence-electron chi connectivity index (χ2n) is 7.10. The average molecular weight is 423 g/mol. The highest BCUT2D eigenvalue weighted by Gasteiger charge is 2.22. The zero-order valence-corrected chi connectivity index (χ0v) is 17.4. The summed E-state index contributed by atoms with van der Waals surface area (Å²) in [5.74, 6) is 0.540. The molecule has 0 radical (unpaired) electrons. The van der Waals surface area contributed by atoms with Gasteiger partial charge >= 0.3 is 0 Å². The fraction of sp³-hybridized carbons (Fsp3) is 0.174. The van der Waals surface area contributed by atoms with E-state index in [2.05, 4.69) is 10.8 Å². The number of fused-ring (bicyclic) bond motifs is 1. The van der Waals surface area contributed by atoms with Gasteiger partial charge in [0.2, 0.25) is 0 Å². The lowest BCUT2D eigenvalue weighted by atomic mass is 9.99. The first-order valence-corrected chi connectivity index (χ1v) is 11.1. The van der Waals surface area contributed by atoms with Crippen molar-refractivity contribution >= 4 is 21.6 Å². The second kappa shape index (κ2) is 8.20. The molecule has 1 N–H and O–H groups in total. The molecule has 0 bridgehead atoms. The summed E-state index contributed by atoms with van der Waals surface area (Å²) in [6.45, 7) is 1.21. The molecule has 0 fully saturated rings. The summed E-state index contributed by atoms with van der Waals surface area (Å²) >= 11 is 0. The highest BCUT2D eigenvalue weighted by atomic mass is 32.2. The normalized spacial score (nSPS) is 13.4. The van der Waals surface area contributed by atoms with E-state index in [-0.39, 0.29) is 10.8 Å². The Morgan fingerprint density at radius 3 is 2.27 bits per heavy atom. The first-order chi connectivity index (χ1) is 14.5. The molecule has 0 spiro atoms. The number of nitrogens with one attached hydrogen (secondary N) is 1. The summed E-state index contributed by atoms with van der Waals surface area (Å²) < 4.78 is 32.9. The first-order valence-electron chi connectivity index (χ1n) is 9.59. The Bertz CT molecular complexity index is 1160. The van der Waals surface area contributed by atoms with Gasteiger partial charge in [0.25, 0.3) is 15.9 Å². The van der Waals surface area contributed by atoms with Crippen molar-refractivity contribution in [2.45, 2.75) is 17.9 Å². The van der Waals surface area contributed by atoms with E-state index in [0.717, 1.165) is 12.0 Å². The fourth-order valence-corrected chi connectivity index (χ4v) is 4.56. The third-order valence-electron chi connectivity index (χ3n) is 5.17. The Balaban J connectivity index is 1.47. The predicted octanol–water partition coefficient (Wildman–Crippen LogP) is 3.69. The quantitative estimate of drug-likeness (QED) is 0.680. The van der Waals surface area contributed by atoms with E-state index < -0.39 is 10.0 Å². The van der Waals surface area contributed by atoms with Gasteiger partial charge in [0.05, 0.1) is 12.0 Å². The maximum atomic E-state index is 12.9. The van der Waals surface area contributed by atoms with Gasteiger partial charge in [-0.3, -0.25) is 9.52 Å². The third kappa shape index (κ3) is 4.16. The van der Waals surface area contributed by atoms with Crippen LogP contribution in [0.15, 0.2) is 77.7 Å². The molecule has 0 aliphatic carbocycles. The summed E-state index contributed by atoms with van der Waals surface area (Å²) in [7, 11) is -2.21. The Labute approximate surface area is 176 Å². The summed E-state index contributed by atoms with van der Waals surface area (Å²) in [6.07, 6.45) is 0.820. The molecule has 0 saturated heterocycles. The highest BCUT2D eigenvalue weighted by molar-refractivity contribution is 7.92. The van der Waals surface area contributed by atoms with Crippen LogP contribution in [0.25, 0.3) is 0 Å². The lowest BCUT2D eigenvalue weighted by molar-refractivity contribution is 0.0734. The van der Waals surface area contributed by atoms with E-state index in [1.165, 1.54) is 17.7 Å². The molecule has 1 amide bonds. The zero-order valence-electron chi connectivity index (χ0n) is 16.5. The number of rotatable bonds is 5. The maximum Gasteiger partial charge on any atom is 0.261 e. The van der Waals surface area contributed by atoms with E-state index in [1.807, 2.05) is 18.2 Å². The first kappa shape index (κ1) is 20.0. The number of sulfonamides is 1. The average Bonchev–Trinajstić information content (AvgIpc) is 2.78. The number of carbonyl (C=O) groups excluding carboxylic acids is 1. The summed E-state index contributed by atoms with van der Waals surface area (Å²) in [5.41, 5.74) is 3.33. The van der Waals surface area contributed by atoms with Crippen LogP contribution in [0.1, 0.15) is 21.5 Å². The molecule has 0 atom stereocenters. The molecule has 30 heavy (non-hydrogen) atoms. The minimum atomic E-state index is -3.76. The molecule has 1 aliphatic rings. The van der Waals surface area contributed by atoms with Gasteiger partial charge in [-0.25, -0.2) is 8.42 Å². The molecule has 7 heteroatoms. The number of benzene rings is 3. The smallest absolute Gasteiger partial charge is 0.261 e. The minimum Gasteiger partial charge on any atom is -0.497 e. The van der Waals surface area contributed by atoms with Crippen molar-refractivity contribution in [2.75, 3.05) is 18.4 Å². The summed E-state index contributed by atoms with van der Waals surface area (Å²) in [5, 5.41) is 0. The number of amides is 1. The molecule has 1 aliphatic heterocycles. The molecule has 3 aromatic rings. The van der Waals surface area contributed by atoms with Crippen LogP contribution < -0.4 is 9.46 Å². The van der Waals surface area contributed by atoms with Gasteiger partial charge in [-0.05, 0) is 66.1 Å². The summed E-state index contributed by atoms with van der Waals surface area (Å²) in [6, 6.07) is 20.8. The van der Waals surface area contributed by atoms with Crippen molar-refractivity contribution in [3.63, 3.8) is 0 Å². The van der Waals surface area contributed by atoms with Gasteiger partial charge in [-0.15, -0.1) is 0 Å². The number of hydrogen-bond acceptors (Lipinski definition) is 4. The van der Waals surface area contributed by atoms with Gasteiger partial charge in [0.15, 0.2) is 0 Å². The van der Waals surface area contributed by atoms with E-state index in [1.54, 1.807) is 48.4 Å². The molecule has 6 nitrogen and oxygen atoms in total. The van der Waals surface area contributed by atoms with E-state index in [4.69, 9.17) is 4.74 Å². The number of hydrogen-bond donors (Lipinski definition) is 1. The van der Waals surface area contributed by atoms with Crippen molar-refractivity contribution in [2.24, 2.45) is 0 Å². The monoisotopic (exact) mass is 422 g/mol. The van der Waals surface area contributed by atoms with E-state index in [9.17, 15) is 13.2 Å². The topological polar surface area (TPSA) is 75.7 Å². The van der Waals surface area contributed by atoms with E-state index >= 15 is 0 Å². The van der Waals surface area contributed by atoms with Gasteiger partial charge in [0, 0.05) is 24.3 Å². The van der Waals surface area contributed by atoms with Crippen LogP contribution in [-0.4, -0.2) is 32.9 Å². The van der Waals surface area contributed by atoms with Gasteiger partial charge in [-0.2, -0.15) is 0 Å². The molecule has 3 aromatic carbocycles. The highest BCUT2D eigenvalue weighted by Crippen LogP contribution is 2.22. The molecule has 0 aromatic heterocycles. The van der Waals surface area contributed by atoms with Crippen LogP contribution in [-0.2, 0) is 23.0 Å². The van der Waals surface area contributed by atoms with Crippen molar-refractivity contribution in [3.05, 3.63) is 89.5 Å². The number of methoxy groups -OCH3 is 1. The SMILES string of the molecule is COc1ccc(NS(=O)(=O)c2ccc(C(=O)N3CCc4ccccc4C3)cc2)cc1. The standard InChI is InChI=1S/C23H22N2O4S/c1-29-21-10-8-20(9-11-21)24-30(27,28)22-12-6-18(7-13-22)23(26)25-15-14-17-4-2-3-5-19(17)16-25/h2-13,24H,14-16H2,1H3. The second-order valence-corrected chi connectivity index (χ2v) is 8.79. The Hall–Kier alpha value is -3.32. The Morgan fingerprint density at radius 1 is 0.933 bits per heavy atom. The van der Waals surface area contributed by atoms with Crippen molar-refractivity contribution in [3.8, 4) is 5.75 Å². The van der Waals surface area contributed by atoms with Gasteiger partial charge in [0.1, 0.15) is 5.75 Å². The minimum absolute atomic E-state index is 0.0962. The molecule has 4 rings (SSSR count). The lowest BCUT2D eigenvalue weighted by Gasteiger charge is -2.29. The van der Waals surface area contributed by atoms with Crippen molar-refractivity contribution < 1.29 is 17.9 Å².